The molecule has 1 aromatic carbocycles. The molecule has 0 N–H and O–H groups in total. The molecule has 0 spiro atoms. The molecule has 1 fully saturated rings. The Bertz CT molecular complexity index is 721. The predicted octanol–water partition coefficient (Wildman–Crippen LogP) is 2.82. The topological polar surface area (TPSA) is 63.7 Å². The third-order valence-corrected chi connectivity index (χ3v) is 5.94. The van der Waals surface area contributed by atoms with Crippen molar-refractivity contribution in [2.45, 2.75) is 32.4 Å². The van der Waals surface area contributed by atoms with Crippen molar-refractivity contribution in [2.24, 2.45) is 0 Å². The second-order valence-corrected chi connectivity index (χ2v) is 8.37. The van der Waals surface area contributed by atoms with Crippen LogP contribution in [0.2, 0.25) is 5.02 Å². The van der Waals surface area contributed by atoms with Crippen molar-refractivity contribution >= 4 is 27.6 Å². The summed E-state index contributed by atoms with van der Waals surface area (Å²) >= 11 is 5.95. The number of nitrogens with zero attached hydrogens (tertiary/aromatic N) is 1. The Balaban J connectivity index is 2.24. The number of esters is 1. The summed E-state index contributed by atoms with van der Waals surface area (Å²) < 4.78 is 31.3. The zero-order valence-electron chi connectivity index (χ0n) is 12.7. The molecule has 0 radical (unpaired) electrons. The second-order valence-electron chi connectivity index (χ2n) is 6.05. The summed E-state index contributed by atoms with van der Waals surface area (Å²) in [5.41, 5.74) is -0.420. The lowest BCUT2D eigenvalue weighted by molar-refractivity contribution is 0.0353. The smallest absolute Gasteiger partial charge is 0.340 e. The van der Waals surface area contributed by atoms with Crippen molar-refractivity contribution in [1.82, 2.24) is 4.31 Å². The fraction of sp³-hybridized carbons (Fsp3) is 0.400. The molecule has 120 valence electrons. The molecule has 0 saturated carbocycles. The first kappa shape index (κ1) is 17.0. The van der Waals surface area contributed by atoms with E-state index in [0.29, 0.717) is 0 Å². The van der Waals surface area contributed by atoms with Crippen LogP contribution >= 0.6 is 11.6 Å². The largest absolute Gasteiger partial charge is 0.452 e. The normalized spacial score (nSPS) is 21.8. The number of hydrogen-bond donors (Lipinski definition) is 0. The van der Waals surface area contributed by atoms with Gasteiger partial charge in [0.05, 0.1) is 22.0 Å². The molecule has 1 aliphatic heterocycles. The third-order valence-electron chi connectivity index (χ3n) is 3.40. The number of ether oxygens (including phenoxy) is 1. The van der Waals surface area contributed by atoms with E-state index in [1.165, 1.54) is 10.4 Å². The lowest BCUT2D eigenvalue weighted by Crippen LogP contribution is -2.42. The third kappa shape index (κ3) is 3.04. The van der Waals surface area contributed by atoms with Crippen LogP contribution in [-0.2, 0) is 14.8 Å². The Morgan fingerprint density at radius 2 is 1.95 bits per heavy atom. The standard InChI is InChI=1S/C15H18ClNO4S/c1-10-13(9-17(15(2,3)4)22(10,19)20)21-14(18)11-7-5-6-8-12(11)16/h5-8,13H,1,9H2,2-4H3/t13-/m0/s1. The maximum Gasteiger partial charge on any atom is 0.340 e. The Hall–Kier alpha value is -1.37. The molecule has 2 rings (SSSR count). The maximum atomic E-state index is 12.3. The first-order valence-corrected chi connectivity index (χ1v) is 8.54. The summed E-state index contributed by atoms with van der Waals surface area (Å²) in [4.78, 5) is 12.1. The van der Waals surface area contributed by atoms with Crippen LogP contribution in [0.1, 0.15) is 31.1 Å². The summed E-state index contributed by atoms with van der Waals surface area (Å²) in [6.45, 7) is 8.96. The zero-order chi connectivity index (χ0) is 16.7. The summed E-state index contributed by atoms with van der Waals surface area (Å²) in [6.07, 6.45) is -0.909. The summed E-state index contributed by atoms with van der Waals surface area (Å²) in [5, 5.41) is 0.256. The molecule has 0 amide bonds. The van der Waals surface area contributed by atoms with Crippen LogP contribution in [-0.4, -0.2) is 36.9 Å². The molecule has 1 aromatic rings. The van der Waals surface area contributed by atoms with Gasteiger partial charge in [0, 0.05) is 5.54 Å². The van der Waals surface area contributed by atoms with Gasteiger partial charge in [0.1, 0.15) is 0 Å². The minimum Gasteiger partial charge on any atom is -0.452 e. The van der Waals surface area contributed by atoms with Crippen LogP contribution < -0.4 is 0 Å². The van der Waals surface area contributed by atoms with Crippen molar-refractivity contribution in [3.63, 3.8) is 0 Å². The molecular weight excluding hydrogens is 326 g/mol. The van der Waals surface area contributed by atoms with Gasteiger partial charge in [-0.3, -0.25) is 0 Å². The number of carbonyl (C=O) groups is 1. The van der Waals surface area contributed by atoms with E-state index >= 15 is 0 Å². The van der Waals surface area contributed by atoms with Gasteiger partial charge in [0.2, 0.25) is 10.0 Å². The predicted molar refractivity (Wildman–Crippen MR) is 85.2 cm³/mol. The molecule has 0 unspecified atom stereocenters. The number of carbonyl (C=O) groups excluding carboxylic acids is 1. The van der Waals surface area contributed by atoms with E-state index in [9.17, 15) is 13.2 Å². The molecule has 5 nitrogen and oxygen atoms in total. The number of halogens is 1. The molecule has 1 aliphatic rings. The Kier molecular flexibility index (Phi) is 4.39. The van der Waals surface area contributed by atoms with Gasteiger partial charge in [-0.15, -0.1) is 0 Å². The van der Waals surface area contributed by atoms with Gasteiger partial charge >= 0.3 is 5.97 Å². The van der Waals surface area contributed by atoms with E-state index < -0.39 is 27.6 Å². The summed E-state index contributed by atoms with van der Waals surface area (Å²) in [5.74, 6) is -0.664. The minimum atomic E-state index is -3.68. The van der Waals surface area contributed by atoms with Gasteiger partial charge in [-0.05, 0) is 32.9 Å². The molecule has 1 saturated heterocycles. The number of benzene rings is 1. The van der Waals surface area contributed by atoms with Crippen molar-refractivity contribution in [3.05, 3.63) is 46.3 Å². The average Bonchev–Trinajstić information content (AvgIpc) is 2.62. The molecule has 0 bridgehead atoms. The highest BCUT2D eigenvalue weighted by atomic mass is 35.5. The zero-order valence-corrected chi connectivity index (χ0v) is 14.2. The fourth-order valence-corrected chi connectivity index (χ4v) is 4.22. The summed E-state index contributed by atoms with van der Waals surface area (Å²) in [7, 11) is -3.68. The van der Waals surface area contributed by atoms with Crippen molar-refractivity contribution in [1.29, 1.82) is 0 Å². The molecule has 7 heteroatoms. The molecule has 0 aromatic heterocycles. The van der Waals surface area contributed by atoms with Crippen molar-refractivity contribution < 1.29 is 17.9 Å². The molecule has 1 heterocycles. The van der Waals surface area contributed by atoms with Gasteiger partial charge in [-0.25, -0.2) is 13.2 Å². The molecule has 1 atom stereocenters. The van der Waals surface area contributed by atoms with Crippen molar-refractivity contribution in [2.75, 3.05) is 6.54 Å². The number of rotatable bonds is 2. The molecule has 0 aliphatic carbocycles. The minimum absolute atomic E-state index is 0.0564. The van der Waals surface area contributed by atoms with Gasteiger partial charge in [0.15, 0.2) is 6.10 Å². The lowest BCUT2D eigenvalue weighted by Gasteiger charge is -2.29. The SMILES string of the molecule is C=C1[C@@H](OC(=O)c2ccccc2Cl)CN(C(C)(C)C)S1(=O)=O. The monoisotopic (exact) mass is 343 g/mol. The van der Waals surface area contributed by atoms with Crippen LogP contribution in [0.4, 0.5) is 0 Å². The second kappa shape index (κ2) is 5.68. The van der Waals surface area contributed by atoms with Crippen LogP contribution in [0.15, 0.2) is 35.7 Å². The van der Waals surface area contributed by atoms with Gasteiger partial charge in [-0.1, -0.05) is 30.3 Å². The Morgan fingerprint density at radius 3 is 2.45 bits per heavy atom. The number of sulfonamides is 1. The maximum absolute atomic E-state index is 12.3. The van der Waals surface area contributed by atoms with Gasteiger partial charge in [0.25, 0.3) is 0 Å². The quantitative estimate of drug-likeness (QED) is 0.774. The average molecular weight is 344 g/mol. The van der Waals surface area contributed by atoms with Gasteiger partial charge in [-0.2, -0.15) is 4.31 Å². The van der Waals surface area contributed by atoms with E-state index in [1.807, 2.05) is 0 Å². The molecular formula is C15H18ClNO4S. The van der Waals surface area contributed by atoms with Crippen LogP contribution in [0, 0.1) is 0 Å². The molecule has 22 heavy (non-hydrogen) atoms. The fourth-order valence-electron chi connectivity index (χ4n) is 2.22. The van der Waals surface area contributed by atoms with E-state index in [0.717, 1.165) is 0 Å². The first-order chi connectivity index (χ1) is 10.0. The van der Waals surface area contributed by atoms with E-state index in [4.69, 9.17) is 16.3 Å². The van der Waals surface area contributed by atoms with Crippen LogP contribution in [0.5, 0.6) is 0 Å². The van der Waals surface area contributed by atoms with E-state index in [-0.39, 0.29) is 22.0 Å². The highest BCUT2D eigenvalue weighted by Gasteiger charge is 2.47. The summed E-state index contributed by atoms with van der Waals surface area (Å²) in [6, 6.07) is 6.45. The van der Waals surface area contributed by atoms with E-state index in [2.05, 4.69) is 6.58 Å². The lowest BCUT2D eigenvalue weighted by atomic mass is 10.1. The Labute approximate surface area is 135 Å². The van der Waals surface area contributed by atoms with Crippen LogP contribution in [0.25, 0.3) is 0 Å². The first-order valence-electron chi connectivity index (χ1n) is 6.72. The Morgan fingerprint density at radius 1 is 1.36 bits per heavy atom. The van der Waals surface area contributed by atoms with E-state index in [1.54, 1.807) is 39.0 Å². The van der Waals surface area contributed by atoms with Crippen LogP contribution in [0.3, 0.4) is 0 Å². The highest BCUT2D eigenvalue weighted by Crippen LogP contribution is 2.33. The van der Waals surface area contributed by atoms with Crippen molar-refractivity contribution in [3.8, 4) is 0 Å². The highest BCUT2D eigenvalue weighted by molar-refractivity contribution is 7.93. The van der Waals surface area contributed by atoms with Gasteiger partial charge < -0.3 is 4.74 Å². The number of hydrogen-bond acceptors (Lipinski definition) is 4.